The van der Waals surface area contributed by atoms with Crippen LogP contribution < -0.4 is 0 Å². The van der Waals surface area contributed by atoms with Crippen molar-refractivity contribution < 1.29 is 0 Å². The number of aromatic nitrogens is 4. The molecule has 0 radical (unpaired) electrons. The molecule has 84 valence electrons. The number of rotatable bonds is 2. The van der Waals surface area contributed by atoms with Crippen molar-refractivity contribution in [2.45, 2.75) is 6.54 Å². The van der Waals surface area contributed by atoms with Crippen LogP contribution in [0.15, 0.2) is 42.9 Å². The molecule has 1 aromatic carbocycles. The van der Waals surface area contributed by atoms with Crippen molar-refractivity contribution >= 4 is 22.8 Å². The van der Waals surface area contributed by atoms with Crippen molar-refractivity contribution in [3.63, 3.8) is 0 Å². The lowest BCUT2D eigenvalue weighted by atomic mass is 10.2. The first kappa shape index (κ1) is 10.2. The Kier molecular flexibility index (Phi) is 2.49. The Morgan fingerprint density at radius 1 is 1.12 bits per heavy atom. The molecule has 0 amide bonds. The number of hydrogen-bond acceptors (Lipinski definition) is 3. The van der Waals surface area contributed by atoms with E-state index in [4.69, 9.17) is 11.6 Å². The third-order valence-corrected chi connectivity index (χ3v) is 2.73. The molecule has 0 bridgehead atoms. The summed E-state index contributed by atoms with van der Waals surface area (Å²) in [5.74, 6) is 0. The van der Waals surface area contributed by atoms with E-state index in [9.17, 15) is 0 Å². The molecule has 3 rings (SSSR count). The fourth-order valence-electron chi connectivity index (χ4n) is 1.74. The van der Waals surface area contributed by atoms with Gasteiger partial charge in [-0.05, 0) is 17.2 Å². The smallest absolute Gasteiger partial charge is 0.224 e. The van der Waals surface area contributed by atoms with Crippen LogP contribution in [0, 0.1) is 0 Å². The van der Waals surface area contributed by atoms with Crippen LogP contribution in [0.2, 0.25) is 5.28 Å². The van der Waals surface area contributed by atoms with Gasteiger partial charge in [-0.3, -0.25) is 0 Å². The third-order valence-electron chi connectivity index (χ3n) is 2.55. The normalized spacial score (nSPS) is 10.9. The molecule has 0 aliphatic rings. The third kappa shape index (κ3) is 1.99. The molecule has 0 unspecified atom stereocenters. The molecular formula is C12H9ClN4. The summed E-state index contributed by atoms with van der Waals surface area (Å²) in [4.78, 5) is 12.2. The van der Waals surface area contributed by atoms with Crippen LogP contribution in [0.1, 0.15) is 5.56 Å². The number of hydrogen-bond donors (Lipinski definition) is 0. The zero-order chi connectivity index (χ0) is 11.7. The summed E-state index contributed by atoms with van der Waals surface area (Å²) in [7, 11) is 0. The molecule has 0 N–H and O–H groups in total. The van der Waals surface area contributed by atoms with Gasteiger partial charge in [-0.2, -0.15) is 4.98 Å². The molecule has 0 fully saturated rings. The Bertz CT molecular complexity index is 648. The summed E-state index contributed by atoms with van der Waals surface area (Å²) in [6.45, 7) is 0.752. The van der Waals surface area contributed by atoms with Crippen LogP contribution in [-0.4, -0.2) is 19.5 Å². The van der Waals surface area contributed by atoms with E-state index >= 15 is 0 Å². The van der Waals surface area contributed by atoms with Crippen LogP contribution in [0.25, 0.3) is 11.2 Å². The average Bonchev–Trinajstić information content (AvgIpc) is 2.73. The summed E-state index contributed by atoms with van der Waals surface area (Å²) in [5, 5.41) is 0.225. The minimum atomic E-state index is 0.225. The Morgan fingerprint density at radius 3 is 2.76 bits per heavy atom. The highest BCUT2D eigenvalue weighted by atomic mass is 35.5. The van der Waals surface area contributed by atoms with Crippen LogP contribution in [0.5, 0.6) is 0 Å². The predicted molar refractivity (Wildman–Crippen MR) is 65.9 cm³/mol. The highest BCUT2D eigenvalue weighted by Gasteiger charge is 2.05. The van der Waals surface area contributed by atoms with Crippen LogP contribution in [0.3, 0.4) is 0 Å². The maximum absolute atomic E-state index is 5.72. The van der Waals surface area contributed by atoms with Crippen molar-refractivity contribution in [2.24, 2.45) is 0 Å². The average molecular weight is 245 g/mol. The van der Waals surface area contributed by atoms with Crippen LogP contribution in [0.4, 0.5) is 0 Å². The van der Waals surface area contributed by atoms with E-state index in [1.165, 1.54) is 5.56 Å². The monoisotopic (exact) mass is 244 g/mol. The summed E-state index contributed by atoms with van der Waals surface area (Å²) < 4.78 is 2.00. The number of halogens is 1. The molecule has 0 aliphatic carbocycles. The van der Waals surface area contributed by atoms with Crippen LogP contribution >= 0.6 is 11.6 Å². The fourth-order valence-corrected chi connectivity index (χ4v) is 1.86. The SMILES string of the molecule is Clc1ncc2c(ncn2Cc2ccccc2)n1. The first-order valence-electron chi connectivity index (χ1n) is 5.20. The molecule has 2 aromatic heterocycles. The van der Waals surface area contributed by atoms with Crippen molar-refractivity contribution in [3.05, 3.63) is 53.7 Å². The highest BCUT2D eigenvalue weighted by Crippen LogP contribution is 2.13. The van der Waals surface area contributed by atoms with Gasteiger partial charge in [0.25, 0.3) is 0 Å². The molecule has 0 saturated heterocycles. The van der Waals surface area contributed by atoms with Gasteiger partial charge in [-0.1, -0.05) is 30.3 Å². The molecule has 17 heavy (non-hydrogen) atoms. The number of fused-ring (bicyclic) bond motifs is 1. The second kappa shape index (κ2) is 4.14. The van der Waals surface area contributed by atoms with E-state index in [1.807, 2.05) is 22.8 Å². The quantitative estimate of drug-likeness (QED) is 0.651. The molecule has 2 heterocycles. The number of nitrogens with zero attached hydrogens (tertiary/aromatic N) is 4. The van der Waals surface area contributed by atoms with E-state index in [0.29, 0.717) is 5.65 Å². The van der Waals surface area contributed by atoms with Gasteiger partial charge in [0.15, 0.2) is 5.65 Å². The molecule has 5 heteroatoms. The summed E-state index contributed by atoms with van der Waals surface area (Å²) in [5.41, 5.74) is 2.72. The van der Waals surface area contributed by atoms with Gasteiger partial charge in [0, 0.05) is 6.54 Å². The Labute approximate surface area is 103 Å². The minimum Gasteiger partial charge on any atom is -0.323 e. The molecule has 0 atom stereocenters. The number of imidazole rings is 1. The van der Waals surface area contributed by atoms with Gasteiger partial charge >= 0.3 is 0 Å². The maximum atomic E-state index is 5.72. The molecule has 0 saturated carbocycles. The van der Waals surface area contributed by atoms with Gasteiger partial charge in [0.1, 0.15) is 5.52 Å². The standard InChI is InChI=1S/C12H9ClN4/c13-12-14-6-10-11(16-12)15-8-17(10)7-9-4-2-1-3-5-9/h1-6,8H,7H2. The first-order chi connectivity index (χ1) is 8.33. The first-order valence-corrected chi connectivity index (χ1v) is 5.58. The van der Waals surface area contributed by atoms with Crippen molar-refractivity contribution in [1.82, 2.24) is 19.5 Å². The fraction of sp³-hybridized carbons (Fsp3) is 0.0833. The molecule has 0 aliphatic heterocycles. The minimum absolute atomic E-state index is 0.225. The molecular weight excluding hydrogens is 236 g/mol. The van der Waals surface area contributed by atoms with Crippen molar-refractivity contribution in [2.75, 3.05) is 0 Å². The lowest BCUT2D eigenvalue weighted by Crippen LogP contribution is -1.98. The summed E-state index contributed by atoms with van der Waals surface area (Å²) in [6, 6.07) is 10.2. The second-order valence-corrected chi connectivity index (χ2v) is 4.04. The largest absolute Gasteiger partial charge is 0.323 e. The zero-order valence-corrected chi connectivity index (χ0v) is 9.67. The van der Waals surface area contributed by atoms with Gasteiger partial charge in [-0.15, -0.1) is 0 Å². The van der Waals surface area contributed by atoms with Crippen molar-refractivity contribution in [3.8, 4) is 0 Å². The topological polar surface area (TPSA) is 43.6 Å². The van der Waals surface area contributed by atoms with E-state index in [0.717, 1.165) is 12.1 Å². The second-order valence-electron chi connectivity index (χ2n) is 3.71. The predicted octanol–water partition coefficient (Wildman–Crippen LogP) is 2.53. The van der Waals surface area contributed by atoms with E-state index < -0.39 is 0 Å². The van der Waals surface area contributed by atoms with E-state index in [2.05, 4.69) is 27.1 Å². The maximum Gasteiger partial charge on any atom is 0.224 e. The van der Waals surface area contributed by atoms with Gasteiger partial charge < -0.3 is 4.57 Å². The number of benzene rings is 1. The molecule has 3 aromatic rings. The van der Waals surface area contributed by atoms with Gasteiger partial charge in [0.2, 0.25) is 5.28 Å². The summed E-state index contributed by atoms with van der Waals surface area (Å²) in [6.07, 6.45) is 3.45. The Balaban J connectivity index is 2.01. The Morgan fingerprint density at radius 2 is 1.94 bits per heavy atom. The highest BCUT2D eigenvalue weighted by molar-refractivity contribution is 6.28. The lowest BCUT2D eigenvalue weighted by molar-refractivity contribution is 0.823. The summed E-state index contributed by atoms with van der Waals surface area (Å²) >= 11 is 5.72. The molecule has 4 nitrogen and oxygen atoms in total. The van der Waals surface area contributed by atoms with Gasteiger partial charge in [0.05, 0.1) is 12.5 Å². The molecule has 0 spiro atoms. The van der Waals surface area contributed by atoms with E-state index in [1.54, 1.807) is 12.5 Å². The van der Waals surface area contributed by atoms with Crippen LogP contribution in [-0.2, 0) is 6.54 Å². The van der Waals surface area contributed by atoms with Crippen molar-refractivity contribution in [1.29, 1.82) is 0 Å². The van der Waals surface area contributed by atoms with E-state index in [-0.39, 0.29) is 5.28 Å². The Hall–Kier alpha value is -1.94. The lowest BCUT2D eigenvalue weighted by Gasteiger charge is -2.03. The zero-order valence-electron chi connectivity index (χ0n) is 8.92. The van der Waals surface area contributed by atoms with Gasteiger partial charge in [-0.25, -0.2) is 9.97 Å².